The Balaban J connectivity index is 1.62. The van der Waals surface area contributed by atoms with Gasteiger partial charge in [0.2, 0.25) is 5.88 Å². The Bertz CT molecular complexity index is 797. The number of hydrogen-bond donors (Lipinski definition) is 0. The molecule has 3 rings (SSSR count). The van der Waals surface area contributed by atoms with Crippen LogP contribution in [0.25, 0.3) is 0 Å². The Morgan fingerprint density at radius 1 is 1.19 bits per heavy atom. The van der Waals surface area contributed by atoms with Gasteiger partial charge in [-0.25, -0.2) is 0 Å². The number of carbonyl (C=O) groups excluding carboxylic acids is 1. The van der Waals surface area contributed by atoms with E-state index in [0.717, 1.165) is 17.8 Å². The highest BCUT2D eigenvalue weighted by atomic mass is 16.5. The van der Waals surface area contributed by atoms with Crippen molar-refractivity contribution in [3.8, 4) is 5.88 Å². The van der Waals surface area contributed by atoms with Crippen LogP contribution < -0.4 is 9.64 Å². The molecule has 0 radical (unpaired) electrons. The van der Waals surface area contributed by atoms with Crippen molar-refractivity contribution in [1.29, 1.82) is 0 Å². The number of nitrogens with zero attached hydrogens (tertiary/aromatic N) is 4. The number of anilines is 1. The molecule has 0 spiro atoms. The van der Waals surface area contributed by atoms with Crippen molar-refractivity contribution in [2.75, 3.05) is 32.1 Å². The van der Waals surface area contributed by atoms with Crippen molar-refractivity contribution in [3.63, 3.8) is 0 Å². The van der Waals surface area contributed by atoms with E-state index in [1.807, 2.05) is 48.2 Å². The SMILES string of the molecule is CN(C)c1cncc(OC2CCN(C(=O)c3ccc(C(C)(C)C)cc3)C2)n1. The van der Waals surface area contributed by atoms with Crippen LogP contribution in [-0.2, 0) is 5.41 Å². The highest BCUT2D eigenvalue weighted by Crippen LogP contribution is 2.24. The van der Waals surface area contributed by atoms with Gasteiger partial charge in [0, 0.05) is 32.6 Å². The molecule has 6 heteroatoms. The van der Waals surface area contributed by atoms with E-state index in [9.17, 15) is 4.79 Å². The topological polar surface area (TPSA) is 58.6 Å². The van der Waals surface area contributed by atoms with E-state index in [-0.39, 0.29) is 17.4 Å². The molecule has 144 valence electrons. The molecule has 1 fully saturated rings. The Hall–Kier alpha value is -2.63. The normalized spacial score (nSPS) is 17.1. The fourth-order valence-electron chi connectivity index (χ4n) is 3.09. The van der Waals surface area contributed by atoms with Crippen LogP contribution in [-0.4, -0.2) is 54.1 Å². The summed E-state index contributed by atoms with van der Waals surface area (Å²) in [5.41, 5.74) is 2.02. The van der Waals surface area contributed by atoms with Gasteiger partial charge in [-0.3, -0.25) is 9.78 Å². The number of aromatic nitrogens is 2. The average molecular weight is 368 g/mol. The van der Waals surface area contributed by atoms with E-state index in [1.54, 1.807) is 12.4 Å². The maximum Gasteiger partial charge on any atom is 0.253 e. The van der Waals surface area contributed by atoms with Crippen molar-refractivity contribution in [2.45, 2.75) is 38.7 Å². The van der Waals surface area contributed by atoms with Crippen LogP contribution in [0.15, 0.2) is 36.7 Å². The summed E-state index contributed by atoms with van der Waals surface area (Å²) < 4.78 is 5.95. The largest absolute Gasteiger partial charge is 0.471 e. The summed E-state index contributed by atoms with van der Waals surface area (Å²) in [6, 6.07) is 7.92. The van der Waals surface area contributed by atoms with Crippen molar-refractivity contribution in [2.24, 2.45) is 0 Å². The second-order valence-electron chi connectivity index (χ2n) is 8.22. The lowest BCUT2D eigenvalue weighted by Gasteiger charge is -2.20. The van der Waals surface area contributed by atoms with Gasteiger partial charge in [-0.05, 0) is 23.1 Å². The first-order valence-corrected chi connectivity index (χ1v) is 9.30. The molecule has 1 aliphatic rings. The summed E-state index contributed by atoms with van der Waals surface area (Å²) in [5, 5.41) is 0. The Kier molecular flexibility index (Phi) is 5.35. The Morgan fingerprint density at radius 3 is 2.52 bits per heavy atom. The van der Waals surface area contributed by atoms with Crippen LogP contribution in [0, 0.1) is 0 Å². The predicted octanol–water partition coefficient (Wildman–Crippen LogP) is 3.13. The van der Waals surface area contributed by atoms with Gasteiger partial charge in [0.25, 0.3) is 5.91 Å². The van der Waals surface area contributed by atoms with Gasteiger partial charge < -0.3 is 14.5 Å². The fraction of sp³-hybridized carbons (Fsp3) is 0.476. The monoisotopic (exact) mass is 368 g/mol. The standard InChI is InChI=1S/C21H28N4O2/c1-21(2,3)16-8-6-15(7-9-16)20(26)25-11-10-17(14-25)27-19-13-22-12-18(23-19)24(4)5/h6-9,12-13,17H,10-11,14H2,1-5H3. The number of carbonyl (C=O) groups is 1. The van der Waals surface area contributed by atoms with Crippen LogP contribution in [0.3, 0.4) is 0 Å². The lowest BCUT2D eigenvalue weighted by atomic mass is 9.86. The molecule has 1 aromatic carbocycles. The molecule has 1 aromatic heterocycles. The molecule has 2 heterocycles. The minimum absolute atomic E-state index is 0.0506. The third kappa shape index (κ3) is 4.56. The van der Waals surface area contributed by atoms with E-state index >= 15 is 0 Å². The van der Waals surface area contributed by atoms with Crippen LogP contribution >= 0.6 is 0 Å². The van der Waals surface area contributed by atoms with Crippen LogP contribution in [0.1, 0.15) is 43.1 Å². The van der Waals surface area contributed by atoms with Gasteiger partial charge in [-0.15, -0.1) is 0 Å². The van der Waals surface area contributed by atoms with Gasteiger partial charge in [-0.2, -0.15) is 4.98 Å². The highest BCUT2D eigenvalue weighted by molar-refractivity contribution is 5.94. The second-order valence-corrected chi connectivity index (χ2v) is 8.22. The number of likely N-dealkylation sites (tertiary alicyclic amines) is 1. The predicted molar refractivity (Wildman–Crippen MR) is 106 cm³/mol. The van der Waals surface area contributed by atoms with E-state index in [1.165, 1.54) is 5.56 Å². The molecule has 1 unspecified atom stereocenters. The van der Waals surface area contributed by atoms with Gasteiger partial charge in [-0.1, -0.05) is 32.9 Å². The minimum atomic E-state index is -0.0606. The number of ether oxygens (including phenoxy) is 1. The van der Waals surface area contributed by atoms with Crippen molar-refractivity contribution in [3.05, 3.63) is 47.8 Å². The Labute approximate surface area is 161 Å². The molecule has 1 aliphatic heterocycles. The maximum absolute atomic E-state index is 12.8. The van der Waals surface area contributed by atoms with Gasteiger partial charge in [0.05, 0.1) is 18.9 Å². The summed E-state index contributed by atoms with van der Waals surface area (Å²) in [4.78, 5) is 25.1. The smallest absolute Gasteiger partial charge is 0.253 e. The zero-order valence-corrected chi connectivity index (χ0v) is 16.8. The number of benzene rings is 1. The summed E-state index contributed by atoms with van der Waals surface area (Å²) in [6.07, 6.45) is 4.04. The first-order chi connectivity index (χ1) is 12.7. The quantitative estimate of drug-likeness (QED) is 0.830. The fourth-order valence-corrected chi connectivity index (χ4v) is 3.09. The number of amides is 1. The third-order valence-electron chi connectivity index (χ3n) is 4.78. The molecule has 2 aromatic rings. The molecule has 1 saturated heterocycles. The van der Waals surface area contributed by atoms with Crippen molar-refractivity contribution >= 4 is 11.7 Å². The van der Waals surface area contributed by atoms with E-state index < -0.39 is 0 Å². The van der Waals surface area contributed by atoms with E-state index in [4.69, 9.17) is 4.74 Å². The third-order valence-corrected chi connectivity index (χ3v) is 4.78. The van der Waals surface area contributed by atoms with Gasteiger partial charge >= 0.3 is 0 Å². The molecule has 0 saturated carbocycles. The van der Waals surface area contributed by atoms with Crippen LogP contribution in [0.4, 0.5) is 5.82 Å². The lowest BCUT2D eigenvalue weighted by molar-refractivity contribution is 0.0771. The molecule has 0 aliphatic carbocycles. The first-order valence-electron chi connectivity index (χ1n) is 9.30. The van der Waals surface area contributed by atoms with E-state index in [0.29, 0.717) is 19.0 Å². The summed E-state index contributed by atoms with van der Waals surface area (Å²) in [6.45, 7) is 7.75. The number of rotatable bonds is 4. The van der Waals surface area contributed by atoms with Crippen LogP contribution in [0.2, 0.25) is 0 Å². The highest BCUT2D eigenvalue weighted by Gasteiger charge is 2.29. The Morgan fingerprint density at radius 2 is 1.89 bits per heavy atom. The van der Waals surface area contributed by atoms with Gasteiger partial charge in [0.1, 0.15) is 6.10 Å². The summed E-state index contributed by atoms with van der Waals surface area (Å²) >= 11 is 0. The molecule has 27 heavy (non-hydrogen) atoms. The van der Waals surface area contributed by atoms with Crippen LogP contribution in [0.5, 0.6) is 5.88 Å². The summed E-state index contributed by atoms with van der Waals surface area (Å²) in [7, 11) is 3.82. The van der Waals surface area contributed by atoms with Crippen molar-refractivity contribution < 1.29 is 9.53 Å². The zero-order valence-electron chi connectivity index (χ0n) is 16.8. The molecular formula is C21H28N4O2. The molecule has 1 atom stereocenters. The molecule has 1 amide bonds. The average Bonchev–Trinajstić information content (AvgIpc) is 3.09. The molecule has 0 N–H and O–H groups in total. The first kappa shape index (κ1) is 19.1. The number of hydrogen-bond acceptors (Lipinski definition) is 5. The second kappa shape index (κ2) is 7.55. The molecule has 0 bridgehead atoms. The maximum atomic E-state index is 12.8. The zero-order chi connectivity index (χ0) is 19.6. The summed E-state index contributed by atoms with van der Waals surface area (Å²) in [5.74, 6) is 1.29. The molecule has 6 nitrogen and oxygen atoms in total. The van der Waals surface area contributed by atoms with Crippen molar-refractivity contribution in [1.82, 2.24) is 14.9 Å². The minimum Gasteiger partial charge on any atom is -0.471 e. The van der Waals surface area contributed by atoms with Gasteiger partial charge in [0.15, 0.2) is 5.82 Å². The molecular weight excluding hydrogens is 340 g/mol. The van der Waals surface area contributed by atoms with E-state index in [2.05, 4.69) is 30.7 Å². The lowest BCUT2D eigenvalue weighted by Crippen LogP contribution is -2.31.